The Morgan fingerprint density at radius 2 is 1.73 bits per heavy atom. The standard InChI is InChI=1S/C39H48N4O5Si/c1-29(2)42-41-26-34-36(44)19-12-20-37(34)47-28-30-27-46-25-23-43(30)38(45)33-18-13-22-40-35(33)21-24-48-49(39(3,4)5,31-14-8-6-9-15-31)32-16-10-7-11-17-32/h6-20,22,26,29-30,42,44H,21,23-25,27-28H2,1-5H3/b41-26+/t30-/m0/s1. The number of carbonyl (C=O) groups excluding carboxylic acids is 1. The van der Waals surface area contributed by atoms with Gasteiger partial charge in [0, 0.05) is 31.8 Å². The molecular weight excluding hydrogens is 633 g/mol. The number of morpholine rings is 1. The molecule has 49 heavy (non-hydrogen) atoms. The fourth-order valence-corrected chi connectivity index (χ4v) is 10.9. The highest BCUT2D eigenvalue weighted by Gasteiger charge is 2.50. The zero-order valence-electron chi connectivity index (χ0n) is 29.1. The van der Waals surface area contributed by atoms with E-state index in [-0.39, 0.29) is 35.4 Å². The van der Waals surface area contributed by atoms with Crippen LogP contribution < -0.4 is 20.5 Å². The predicted octanol–water partition coefficient (Wildman–Crippen LogP) is 5.16. The van der Waals surface area contributed by atoms with Crippen LogP contribution >= 0.6 is 0 Å². The number of aromatic nitrogens is 1. The first-order valence-electron chi connectivity index (χ1n) is 16.9. The summed E-state index contributed by atoms with van der Waals surface area (Å²) < 4.78 is 19.1. The summed E-state index contributed by atoms with van der Waals surface area (Å²) in [6.45, 7) is 12.5. The summed E-state index contributed by atoms with van der Waals surface area (Å²) in [6, 6.07) is 29.6. The second-order valence-corrected chi connectivity index (χ2v) is 17.8. The van der Waals surface area contributed by atoms with E-state index in [0.717, 1.165) is 0 Å². The van der Waals surface area contributed by atoms with Gasteiger partial charge in [0.15, 0.2) is 0 Å². The van der Waals surface area contributed by atoms with Gasteiger partial charge in [-0.05, 0) is 53.5 Å². The second-order valence-electron chi connectivity index (χ2n) is 13.5. The third-order valence-electron chi connectivity index (χ3n) is 8.68. The number of phenolic OH excluding ortho intramolecular Hbond substituents is 1. The highest BCUT2D eigenvalue weighted by Crippen LogP contribution is 2.37. The first-order chi connectivity index (χ1) is 23.6. The number of phenols is 1. The molecule has 1 amide bonds. The van der Waals surface area contributed by atoms with Crippen molar-refractivity contribution in [2.75, 3.05) is 33.0 Å². The van der Waals surface area contributed by atoms with Crippen LogP contribution in [0.2, 0.25) is 5.04 Å². The minimum Gasteiger partial charge on any atom is -0.507 e. The van der Waals surface area contributed by atoms with E-state index < -0.39 is 8.32 Å². The molecule has 1 fully saturated rings. The smallest absolute Gasteiger partial charge is 0.261 e. The first kappa shape index (κ1) is 35.8. The van der Waals surface area contributed by atoms with Crippen molar-refractivity contribution < 1.29 is 23.8 Å². The van der Waals surface area contributed by atoms with Crippen molar-refractivity contribution in [1.82, 2.24) is 15.3 Å². The van der Waals surface area contributed by atoms with Gasteiger partial charge in [0.2, 0.25) is 0 Å². The van der Waals surface area contributed by atoms with E-state index in [1.807, 2.05) is 36.9 Å². The van der Waals surface area contributed by atoms with Crippen molar-refractivity contribution in [2.24, 2.45) is 5.10 Å². The molecule has 5 rings (SSSR count). The van der Waals surface area contributed by atoms with Crippen LogP contribution in [0.1, 0.15) is 56.2 Å². The van der Waals surface area contributed by atoms with Crippen molar-refractivity contribution in [3.8, 4) is 11.5 Å². The third-order valence-corrected chi connectivity index (χ3v) is 13.7. The maximum Gasteiger partial charge on any atom is 0.261 e. The number of aromatic hydroxyl groups is 1. The summed E-state index contributed by atoms with van der Waals surface area (Å²) >= 11 is 0. The molecule has 0 saturated carbocycles. The average Bonchev–Trinajstić information content (AvgIpc) is 3.10. The number of nitrogens with zero attached hydrogens (tertiary/aromatic N) is 3. The van der Waals surface area contributed by atoms with Crippen LogP contribution in [-0.2, 0) is 15.6 Å². The quantitative estimate of drug-likeness (QED) is 0.114. The first-order valence-corrected chi connectivity index (χ1v) is 18.8. The molecule has 0 bridgehead atoms. The lowest BCUT2D eigenvalue weighted by atomic mass is 10.1. The molecule has 2 N–H and O–H groups in total. The van der Waals surface area contributed by atoms with Crippen LogP contribution in [-0.4, -0.2) is 80.5 Å². The van der Waals surface area contributed by atoms with E-state index in [4.69, 9.17) is 13.9 Å². The molecule has 1 aromatic heterocycles. The lowest BCUT2D eigenvalue weighted by Crippen LogP contribution is -2.66. The van der Waals surface area contributed by atoms with Crippen LogP contribution in [0.3, 0.4) is 0 Å². The summed E-state index contributed by atoms with van der Waals surface area (Å²) in [6.07, 6.45) is 3.75. The van der Waals surface area contributed by atoms with Crippen LogP contribution in [0, 0.1) is 0 Å². The Hall–Kier alpha value is -4.51. The minimum absolute atomic E-state index is 0.0555. The molecule has 0 aliphatic carbocycles. The lowest BCUT2D eigenvalue weighted by molar-refractivity contribution is -0.0151. The summed E-state index contributed by atoms with van der Waals surface area (Å²) in [5.41, 5.74) is 4.66. The number of benzene rings is 3. The van der Waals surface area contributed by atoms with E-state index >= 15 is 0 Å². The Labute approximate surface area is 291 Å². The number of amides is 1. The largest absolute Gasteiger partial charge is 0.507 e. The highest BCUT2D eigenvalue weighted by molar-refractivity contribution is 6.99. The van der Waals surface area contributed by atoms with Crippen molar-refractivity contribution in [1.29, 1.82) is 0 Å². The fraction of sp³-hybridized carbons (Fsp3) is 0.359. The number of hydrogen-bond acceptors (Lipinski definition) is 8. The number of carbonyl (C=O) groups is 1. The van der Waals surface area contributed by atoms with Gasteiger partial charge in [0.05, 0.1) is 42.3 Å². The van der Waals surface area contributed by atoms with Crippen molar-refractivity contribution in [3.63, 3.8) is 0 Å². The van der Waals surface area contributed by atoms with Gasteiger partial charge >= 0.3 is 0 Å². The molecule has 1 atom stereocenters. The summed E-state index contributed by atoms with van der Waals surface area (Å²) in [5.74, 6) is 0.402. The molecule has 4 aromatic rings. The Morgan fingerprint density at radius 3 is 2.39 bits per heavy atom. The summed E-state index contributed by atoms with van der Waals surface area (Å²) in [7, 11) is -2.74. The van der Waals surface area contributed by atoms with Gasteiger partial charge in [-0.25, -0.2) is 0 Å². The molecule has 258 valence electrons. The molecule has 1 aliphatic rings. The Kier molecular flexibility index (Phi) is 11.9. The molecule has 1 aliphatic heterocycles. The third kappa shape index (κ3) is 8.38. The van der Waals surface area contributed by atoms with Gasteiger partial charge in [0.25, 0.3) is 14.2 Å². The molecule has 2 heterocycles. The van der Waals surface area contributed by atoms with E-state index in [0.29, 0.717) is 55.4 Å². The van der Waals surface area contributed by atoms with Crippen LogP contribution in [0.5, 0.6) is 11.5 Å². The summed E-state index contributed by atoms with van der Waals surface area (Å²) in [5, 5.41) is 17.0. The second kappa shape index (κ2) is 16.3. The van der Waals surface area contributed by atoms with E-state index in [1.165, 1.54) is 10.4 Å². The maximum atomic E-state index is 14.2. The van der Waals surface area contributed by atoms with E-state index in [9.17, 15) is 9.90 Å². The van der Waals surface area contributed by atoms with E-state index in [2.05, 4.69) is 84.8 Å². The summed E-state index contributed by atoms with van der Waals surface area (Å²) in [4.78, 5) is 20.7. The molecule has 9 nitrogen and oxygen atoms in total. The Bertz CT molecular complexity index is 1660. The van der Waals surface area contributed by atoms with Gasteiger partial charge in [-0.1, -0.05) is 87.5 Å². The van der Waals surface area contributed by atoms with Crippen LogP contribution in [0.4, 0.5) is 0 Å². The van der Waals surface area contributed by atoms with Crippen molar-refractivity contribution in [2.45, 2.75) is 58.2 Å². The van der Waals surface area contributed by atoms with E-state index in [1.54, 1.807) is 36.7 Å². The normalized spacial score (nSPS) is 15.5. The lowest BCUT2D eigenvalue weighted by Gasteiger charge is -2.43. The van der Waals surface area contributed by atoms with Gasteiger partial charge in [-0.15, -0.1) is 0 Å². The molecule has 3 aromatic carbocycles. The number of ether oxygens (including phenoxy) is 2. The zero-order chi connectivity index (χ0) is 34.9. The number of rotatable bonds is 13. The SMILES string of the molecule is CC(C)N/N=C/c1c(O)cccc1OC[C@@H]1COCCN1C(=O)c1cccnc1CCO[Si](c1ccccc1)(c1ccccc1)C(C)(C)C. The monoisotopic (exact) mass is 680 g/mol. The number of hydrazone groups is 1. The topological polar surface area (TPSA) is 106 Å². The van der Waals surface area contributed by atoms with Crippen LogP contribution in [0.15, 0.2) is 102 Å². The van der Waals surface area contributed by atoms with Gasteiger partial charge < -0.3 is 29.3 Å². The average molecular weight is 681 g/mol. The fourth-order valence-electron chi connectivity index (χ4n) is 6.33. The molecular formula is C39H48N4O5Si. The van der Waals surface area contributed by atoms with Crippen molar-refractivity contribution >= 4 is 30.8 Å². The Morgan fingerprint density at radius 1 is 1.04 bits per heavy atom. The maximum absolute atomic E-state index is 14.2. The molecule has 1 saturated heterocycles. The van der Waals surface area contributed by atoms with Gasteiger partial charge in [-0.3, -0.25) is 9.78 Å². The molecule has 0 spiro atoms. The number of hydrogen-bond donors (Lipinski definition) is 2. The Balaban J connectivity index is 1.34. The predicted molar refractivity (Wildman–Crippen MR) is 197 cm³/mol. The molecule has 0 radical (unpaired) electrons. The van der Waals surface area contributed by atoms with Gasteiger partial charge in [0.1, 0.15) is 18.1 Å². The number of nitrogens with one attached hydrogen (secondary N) is 1. The molecule has 0 unspecified atom stereocenters. The highest BCUT2D eigenvalue weighted by atomic mass is 28.4. The van der Waals surface area contributed by atoms with Gasteiger partial charge in [-0.2, -0.15) is 5.10 Å². The number of pyridine rings is 1. The van der Waals surface area contributed by atoms with Crippen LogP contribution in [0.25, 0.3) is 0 Å². The molecule has 10 heteroatoms. The zero-order valence-corrected chi connectivity index (χ0v) is 30.1. The minimum atomic E-state index is -2.74. The van der Waals surface area contributed by atoms with Crippen molar-refractivity contribution in [3.05, 3.63) is 114 Å².